The van der Waals surface area contributed by atoms with Crippen LogP contribution >= 0.6 is 0 Å². The molecule has 46 heavy (non-hydrogen) atoms. The molecule has 0 spiro atoms. The van der Waals surface area contributed by atoms with Crippen LogP contribution in [0.25, 0.3) is 22.3 Å². The van der Waals surface area contributed by atoms with E-state index in [0.29, 0.717) is 47.0 Å². The number of piperidine rings is 2. The van der Waals surface area contributed by atoms with E-state index in [0.717, 1.165) is 37.2 Å². The average Bonchev–Trinajstić information content (AvgIpc) is 3.46. The van der Waals surface area contributed by atoms with Crippen molar-refractivity contribution in [2.45, 2.75) is 44.3 Å². The Morgan fingerprint density at radius 2 is 1.72 bits per heavy atom. The lowest BCUT2D eigenvalue weighted by molar-refractivity contribution is -0.133. The molecular formula is C33H32FN9O3. The number of anilines is 2. The number of carbonyl (C=O) groups excluding carboxylic acids is 2. The Bertz CT molecular complexity index is 1890. The van der Waals surface area contributed by atoms with Gasteiger partial charge < -0.3 is 15.8 Å². The number of nitrogens with one attached hydrogen (secondary N) is 2. The van der Waals surface area contributed by atoms with Gasteiger partial charge >= 0.3 is 0 Å². The number of imide groups is 1. The van der Waals surface area contributed by atoms with Crippen LogP contribution < -0.4 is 21.1 Å². The molecule has 2 aliphatic heterocycles. The monoisotopic (exact) mass is 621 g/mol. The van der Waals surface area contributed by atoms with E-state index in [1.807, 2.05) is 59.3 Å². The normalized spacial score (nSPS) is 17.6. The van der Waals surface area contributed by atoms with Gasteiger partial charge in [0.2, 0.25) is 17.8 Å². The number of pyridine rings is 1. The standard InChI is InChI=1S/C33H32FN9O3/c34-30-25(39-26-12-13-27(44)40-33(26)45)11-8-21(38-30)18-42-16-14-22(15-17-42)43-32-28(31(35)36-19-37-32)29(41-43)20-6-9-24(10-7-20)46-23-4-2-1-3-5-23/h1-11,19,22,26,39H,12-18H2,(H2,35,36,37)(H,40,44,45). The van der Waals surface area contributed by atoms with E-state index in [1.165, 1.54) is 6.33 Å². The summed E-state index contributed by atoms with van der Waals surface area (Å²) < 4.78 is 22.8. The van der Waals surface area contributed by atoms with Crippen LogP contribution in [0.4, 0.5) is 15.9 Å². The van der Waals surface area contributed by atoms with Gasteiger partial charge in [-0.05, 0) is 67.8 Å². The first-order chi connectivity index (χ1) is 22.4. The Morgan fingerprint density at radius 3 is 2.46 bits per heavy atom. The number of nitrogens with two attached hydrogens (primary N) is 1. The number of carbonyl (C=O) groups is 2. The van der Waals surface area contributed by atoms with E-state index in [-0.39, 0.29) is 24.1 Å². The number of amides is 2. The highest BCUT2D eigenvalue weighted by Gasteiger charge is 2.28. The van der Waals surface area contributed by atoms with Crippen molar-refractivity contribution >= 4 is 34.4 Å². The Hall–Kier alpha value is -5.43. The second-order valence-corrected chi connectivity index (χ2v) is 11.5. The second-order valence-electron chi connectivity index (χ2n) is 11.5. The number of benzene rings is 2. The highest BCUT2D eigenvalue weighted by atomic mass is 19.1. The number of hydrogen-bond donors (Lipinski definition) is 3. The zero-order chi connectivity index (χ0) is 31.6. The molecule has 2 fully saturated rings. The van der Waals surface area contributed by atoms with E-state index < -0.39 is 17.9 Å². The molecule has 5 aromatic rings. The smallest absolute Gasteiger partial charge is 0.249 e. The second kappa shape index (κ2) is 12.5. The minimum Gasteiger partial charge on any atom is -0.457 e. The van der Waals surface area contributed by atoms with Crippen molar-refractivity contribution in [3.8, 4) is 22.8 Å². The quantitative estimate of drug-likeness (QED) is 0.167. The van der Waals surface area contributed by atoms with Crippen molar-refractivity contribution in [1.82, 2.24) is 34.9 Å². The van der Waals surface area contributed by atoms with Crippen LogP contribution in [0.15, 0.2) is 73.1 Å². The maximum absolute atomic E-state index is 14.9. The van der Waals surface area contributed by atoms with Crippen LogP contribution in [0.5, 0.6) is 11.5 Å². The lowest BCUT2D eigenvalue weighted by Gasteiger charge is -2.32. The molecule has 2 amide bonds. The van der Waals surface area contributed by atoms with Crippen LogP contribution in [-0.2, 0) is 16.1 Å². The van der Waals surface area contributed by atoms with Gasteiger partial charge in [-0.25, -0.2) is 19.6 Å². The van der Waals surface area contributed by atoms with Gasteiger partial charge in [-0.1, -0.05) is 18.2 Å². The SMILES string of the molecule is Nc1ncnc2c1c(-c1ccc(Oc3ccccc3)cc1)nn2C1CCN(Cc2ccc(NC3CCC(=O)NC3=O)c(F)n2)CC1. The van der Waals surface area contributed by atoms with Gasteiger partial charge in [0.25, 0.3) is 0 Å². The fraction of sp³-hybridized carbons (Fsp3) is 0.273. The minimum atomic E-state index is -0.676. The molecule has 2 aromatic carbocycles. The maximum atomic E-state index is 14.9. The van der Waals surface area contributed by atoms with Crippen molar-refractivity contribution in [1.29, 1.82) is 0 Å². The third-order valence-corrected chi connectivity index (χ3v) is 8.39. The highest BCUT2D eigenvalue weighted by Crippen LogP contribution is 2.35. The molecule has 1 atom stereocenters. The van der Waals surface area contributed by atoms with Crippen molar-refractivity contribution < 1.29 is 18.7 Å². The van der Waals surface area contributed by atoms with Crippen molar-refractivity contribution in [2.75, 3.05) is 24.1 Å². The van der Waals surface area contributed by atoms with Gasteiger partial charge in [0.1, 0.15) is 35.4 Å². The third-order valence-electron chi connectivity index (χ3n) is 8.39. The van der Waals surface area contributed by atoms with Crippen LogP contribution in [0.1, 0.15) is 37.4 Å². The summed E-state index contributed by atoms with van der Waals surface area (Å²) >= 11 is 0. The van der Waals surface area contributed by atoms with Crippen LogP contribution in [0.2, 0.25) is 0 Å². The molecule has 234 valence electrons. The fourth-order valence-corrected chi connectivity index (χ4v) is 6.00. The van der Waals surface area contributed by atoms with Crippen LogP contribution in [0, 0.1) is 5.95 Å². The molecule has 0 radical (unpaired) electrons. The van der Waals surface area contributed by atoms with Gasteiger partial charge in [-0.15, -0.1) is 0 Å². The lowest BCUT2D eigenvalue weighted by atomic mass is 10.0. The summed E-state index contributed by atoms with van der Waals surface area (Å²) in [6.07, 6.45) is 3.59. The summed E-state index contributed by atoms with van der Waals surface area (Å²) in [7, 11) is 0. The number of nitrogen functional groups attached to an aromatic ring is 1. The molecule has 2 aliphatic rings. The van der Waals surface area contributed by atoms with Crippen LogP contribution in [-0.4, -0.2) is 60.6 Å². The van der Waals surface area contributed by atoms with E-state index in [9.17, 15) is 14.0 Å². The molecule has 7 rings (SSSR count). The van der Waals surface area contributed by atoms with Gasteiger partial charge in [0.15, 0.2) is 5.65 Å². The molecular weight excluding hydrogens is 589 g/mol. The molecule has 3 aromatic heterocycles. The van der Waals surface area contributed by atoms with Crippen LogP contribution in [0.3, 0.4) is 0 Å². The third kappa shape index (κ3) is 6.09. The maximum Gasteiger partial charge on any atom is 0.249 e. The fourth-order valence-electron chi connectivity index (χ4n) is 6.00. The molecule has 1 unspecified atom stereocenters. The Labute approximate surface area is 263 Å². The molecule has 4 N–H and O–H groups in total. The molecule has 12 nitrogen and oxygen atoms in total. The largest absolute Gasteiger partial charge is 0.457 e. The number of para-hydroxylation sites is 1. The van der Waals surface area contributed by atoms with Gasteiger partial charge in [0, 0.05) is 31.6 Å². The molecule has 0 aliphatic carbocycles. The first kappa shape index (κ1) is 29.3. The lowest BCUT2D eigenvalue weighted by Crippen LogP contribution is -2.47. The predicted molar refractivity (Wildman–Crippen MR) is 169 cm³/mol. The predicted octanol–water partition coefficient (Wildman–Crippen LogP) is 4.46. The van der Waals surface area contributed by atoms with Crippen molar-refractivity contribution in [3.63, 3.8) is 0 Å². The highest BCUT2D eigenvalue weighted by molar-refractivity contribution is 6.01. The van der Waals surface area contributed by atoms with Gasteiger partial charge in [-0.3, -0.25) is 19.8 Å². The summed E-state index contributed by atoms with van der Waals surface area (Å²) in [5, 5.41) is 10.9. The summed E-state index contributed by atoms with van der Waals surface area (Å²) in [5.41, 5.74) is 9.37. The zero-order valence-corrected chi connectivity index (χ0v) is 24.9. The Morgan fingerprint density at radius 1 is 0.957 bits per heavy atom. The summed E-state index contributed by atoms with van der Waals surface area (Å²) in [5.74, 6) is 0.388. The minimum absolute atomic E-state index is 0.0901. The molecule has 0 saturated carbocycles. The van der Waals surface area contributed by atoms with Gasteiger partial charge in [0.05, 0.1) is 22.8 Å². The number of hydrogen-bond acceptors (Lipinski definition) is 10. The number of halogens is 1. The first-order valence-corrected chi connectivity index (χ1v) is 15.2. The Kier molecular flexibility index (Phi) is 7.97. The van der Waals surface area contributed by atoms with Crippen molar-refractivity contribution in [2.24, 2.45) is 0 Å². The number of ether oxygens (including phenoxy) is 1. The van der Waals surface area contributed by atoms with E-state index in [2.05, 4.69) is 30.5 Å². The molecule has 0 bridgehead atoms. The number of aromatic nitrogens is 5. The molecule has 2 saturated heterocycles. The number of fused-ring (bicyclic) bond motifs is 1. The summed E-state index contributed by atoms with van der Waals surface area (Å²) in [4.78, 5) is 38.6. The molecule has 5 heterocycles. The number of nitrogens with zero attached hydrogens (tertiary/aromatic N) is 6. The topological polar surface area (TPSA) is 153 Å². The van der Waals surface area contributed by atoms with Crippen molar-refractivity contribution in [3.05, 3.63) is 84.7 Å². The molecule has 13 heteroatoms. The summed E-state index contributed by atoms with van der Waals surface area (Å²) in [6.45, 7) is 2.00. The number of likely N-dealkylation sites (tertiary alicyclic amines) is 1. The Balaban J connectivity index is 1.02. The zero-order valence-electron chi connectivity index (χ0n) is 24.9. The average molecular weight is 622 g/mol. The first-order valence-electron chi connectivity index (χ1n) is 15.2. The number of rotatable bonds is 8. The van der Waals surface area contributed by atoms with E-state index in [1.54, 1.807) is 12.1 Å². The summed E-state index contributed by atoms with van der Waals surface area (Å²) in [6, 6.07) is 20.1. The van der Waals surface area contributed by atoms with Gasteiger partial charge in [-0.2, -0.15) is 9.49 Å². The van der Waals surface area contributed by atoms with E-state index in [4.69, 9.17) is 15.6 Å². The van der Waals surface area contributed by atoms with E-state index >= 15 is 0 Å².